The lowest BCUT2D eigenvalue weighted by Gasteiger charge is -2.23. The van der Waals surface area contributed by atoms with Crippen molar-refractivity contribution in [2.45, 2.75) is 70.6 Å². The molecular weight excluding hydrogens is 1620 g/mol. The molecule has 0 nitrogen and oxygen atoms in total. The van der Waals surface area contributed by atoms with Gasteiger partial charge >= 0.3 is 0 Å². The van der Waals surface area contributed by atoms with Crippen molar-refractivity contribution in [3.63, 3.8) is 0 Å². The highest BCUT2D eigenvalue weighted by molar-refractivity contribution is 6.20. The minimum Gasteiger partial charge on any atom is -0.0619 e. The van der Waals surface area contributed by atoms with Crippen molar-refractivity contribution in [1.29, 1.82) is 0 Å². The highest BCUT2D eigenvalue weighted by atomic mass is 14.3. The molecule has 0 atom stereocenters. The highest BCUT2D eigenvalue weighted by Crippen LogP contribution is 2.52. The maximum Gasteiger partial charge on any atom is -0.000682 e. The van der Waals surface area contributed by atoms with Crippen LogP contribution in [0.3, 0.4) is 0 Å². The van der Waals surface area contributed by atoms with Crippen molar-refractivity contribution in [3.05, 3.63) is 559 Å². The molecule has 9 aliphatic rings. The van der Waals surface area contributed by atoms with E-state index in [0.29, 0.717) is 0 Å². The fraction of sp³-hybridized carbons (Fsp3) is 0.0815. The van der Waals surface area contributed by atoms with Crippen LogP contribution < -0.4 is 0 Å². The normalized spacial score (nSPS) is 13.2. The van der Waals surface area contributed by atoms with E-state index in [1.165, 1.54) is 287 Å². The van der Waals surface area contributed by atoms with E-state index in [2.05, 4.69) is 437 Å². The molecule has 0 N–H and O–H groups in total. The molecule has 634 valence electrons. The Balaban J connectivity index is 0.0000000825. The molecule has 23 aromatic rings. The van der Waals surface area contributed by atoms with Gasteiger partial charge in [-0.05, 0) is 388 Å². The predicted molar refractivity (Wildman–Crippen MR) is 568 cm³/mol. The van der Waals surface area contributed by atoms with Crippen molar-refractivity contribution in [1.82, 2.24) is 0 Å². The first-order valence-corrected chi connectivity index (χ1v) is 48.4. The van der Waals surface area contributed by atoms with E-state index < -0.39 is 0 Å². The molecule has 135 heavy (non-hydrogen) atoms. The van der Waals surface area contributed by atoms with E-state index in [1.807, 2.05) is 0 Å². The van der Waals surface area contributed by atoms with E-state index in [1.54, 1.807) is 0 Å². The van der Waals surface area contributed by atoms with Crippen LogP contribution in [0.15, 0.2) is 437 Å². The Morgan fingerprint density at radius 3 is 0.763 bits per heavy atom. The van der Waals surface area contributed by atoms with Gasteiger partial charge in [-0.2, -0.15) is 0 Å². The SMILES string of the molecule is c1ccc2c(c1)Cc1cc3c(cc1-2)-c1ccccc1C3.c1ccc2c(c1)Cc1cc3c(cc1-2)Cc1ccccc1-3.c1ccc2c(c1)Cc1ccc(-c3ccc4c(c3)-c3ccccc3C4)cc1-2.c1ccc2c3c(ccc2c1)Cc1c-3c2ccccc2c2ccccc12.c1ccc2c3c(ccc2c1)Cc1ccc2ccccc2c1C3.c1ccc2cc3c(cc2c1)Cc1cc2ccccc2cc1C3. The minimum absolute atomic E-state index is 1.03. The fourth-order valence-electron chi connectivity index (χ4n) is 24.4. The van der Waals surface area contributed by atoms with Gasteiger partial charge in [-0.1, -0.05) is 406 Å². The topological polar surface area (TPSA) is 0 Å². The summed E-state index contributed by atoms with van der Waals surface area (Å²) in [5, 5.41) is 19.2. The summed E-state index contributed by atoms with van der Waals surface area (Å²) >= 11 is 0. The molecule has 0 aliphatic heterocycles. The van der Waals surface area contributed by atoms with Gasteiger partial charge < -0.3 is 0 Å². The van der Waals surface area contributed by atoms with Crippen molar-refractivity contribution in [2.75, 3.05) is 0 Å². The van der Waals surface area contributed by atoms with Gasteiger partial charge in [0.15, 0.2) is 0 Å². The molecule has 0 heteroatoms. The highest BCUT2D eigenvalue weighted by Gasteiger charge is 2.31. The summed E-state index contributed by atoms with van der Waals surface area (Å²) in [6.45, 7) is 0. The minimum atomic E-state index is 1.03. The lowest BCUT2D eigenvalue weighted by atomic mass is 9.81. The van der Waals surface area contributed by atoms with Gasteiger partial charge in [-0.15, -0.1) is 0 Å². The van der Waals surface area contributed by atoms with E-state index in [-0.39, 0.29) is 0 Å². The van der Waals surface area contributed by atoms with Gasteiger partial charge in [-0.25, -0.2) is 0 Å². The van der Waals surface area contributed by atoms with Gasteiger partial charge in [0.2, 0.25) is 0 Å². The summed E-state index contributed by atoms with van der Waals surface area (Å²) in [7, 11) is 0. The summed E-state index contributed by atoms with van der Waals surface area (Å²) in [5.41, 5.74) is 55.2. The summed E-state index contributed by atoms with van der Waals surface area (Å²) in [6.07, 6.45) is 11.7. The largest absolute Gasteiger partial charge is 0.0619 e. The lowest BCUT2D eigenvalue weighted by molar-refractivity contribution is 1.01. The summed E-state index contributed by atoms with van der Waals surface area (Å²) < 4.78 is 0. The quantitative estimate of drug-likeness (QED) is 0.144. The monoisotopic (exact) mass is 1710 g/mol. The zero-order chi connectivity index (χ0) is 88.7. The molecule has 0 saturated carbocycles. The molecule has 0 aromatic heterocycles. The van der Waals surface area contributed by atoms with Crippen LogP contribution >= 0.6 is 0 Å². The van der Waals surface area contributed by atoms with Crippen LogP contribution in [-0.4, -0.2) is 0 Å². The van der Waals surface area contributed by atoms with Crippen LogP contribution in [0.4, 0.5) is 0 Å². The number of hydrogen-bond donors (Lipinski definition) is 0. The molecule has 9 aliphatic carbocycles. The predicted octanol–water partition coefficient (Wildman–Crippen LogP) is 33.8. The average molecular weight is 1720 g/mol. The molecular formula is C135H94. The molecule has 0 spiro atoms. The average Bonchev–Trinajstić information content (AvgIpc) is 1.58. The molecule has 0 bridgehead atoms. The van der Waals surface area contributed by atoms with Crippen LogP contribution in [0.25, 0.3) is 164 Å². The molecule has 0 radical (unpaired) electrons. The fourth-order valence-corrected chi connectivity index (χ4v) is 24.4. The maximum atomic E-state index is 2.44. The first-order chi connectivity index (χ1) is 66.8. The van der Waals surface area contributed by atoms with Crippen LogP contribution in [0.5, 0.6) is 0 Å². The second-order valence-electron chi connectivity index (χ2n) is 38.5. The number of benzene rings is 23. The summed E-state index contributed by atoms with van der Waals surface area (Å²) in [4.78, 5) is 0. The van der Waals surface area contributed by atoms with E-state index in [9.17, 15) is 0 Å². The Morgan fingerprint density at radius 1 is 0.104 bits per heavy atom. The van der Waals surface area contributed by atoms with E-state index in [0.717, 1.165) is 70.6 Å². The van der Waals surface area contributed by atoms with Gasteiger partial charge in [0.25, 0.3) is 0 Å². The van der Waals surface area contributed by atoms with Crippen molar-refractivity contribution < 1.29 is 0 Å². The van der Waals surface area contributed by atoms with E-state index >= 15 is 0 Å². The van der Waals surface area contributed by atoms with Crippen molar-refractivity contribution >= 4 is 75.4 Å². The standard InChI is InChI=1S/C26H18.C25H16.2C22H16.2C20H14/c1-3-7-23-19(5-1)13-21-11-9-17(15-25(21)23)18-10-12-22-14-20-6-2-4-8-24(20)26(22)16-18;1-2-8-18-16(7-1)13-14-17-15-23-21-11-4-3-9-19(21)20-10-5-6-12-22(20)25(23)24(17)18;1-3-7-19-15(5-1)9-11-17-13-18-12-10-16-6-2-4-8-20(16)22(18)14-21(17)19;1-2-6-16-10-20-14-22-12-18-8-4-3-7-17(18)11-21(22)13-19(20)9-15(16)5-1;1-3-7-17-13(5-1)9-15-11-20-16(12-19(15)17)10-14-6-2-4-8-18(14)20;1-3-7-17-13(5-1)9-15-11-16-10-14-6-2-4-8-18(14)20(16)12-19(15)17/h1-12,15-16H,13-14H2;1-14H,15H2;2*1-12H,13-14H2;2*1-8,11-12H,9-10H2. The number of rotatable bonds is 1. The Kier molecular flexibility index (Phi) is 18.9. The first kappa shape index (κ1) is 78.7. The third-order valence-corrected chi connectivity index (χ3v) is 30.9. The molecule has 23 aromatic carbocycles. The number of hydrogen-bond acceptors (Lipinski definition) is 0. The van der Waals surface area contributed by atoms with Crippen molar-refractivity contribution in [2.24, 2.45) is 0 Å². The Morgan fingerprint density at radius 2 is 0.363 bits per heavy atom. The molecule has 0 unspecified atom stereocenters. The number of fused-ring (bicyclic) bond motifs is 38. The van der Waals surface area contributed by atoms with Gasteiger partial charge in [0, 0.05) is 0 Å². The van der Waals surface area contributed by atoms with E-state index in [4.69, 9.17) is 0 Å². The van der Waals surface area contributed by atoms with Gasteiger partial charge in [-0.3, -0.25) is 0 Å². The molecule has 0 saturated heterocycles. The second-order valence-corrected chi connectivity index (χ2v) is 38.5. The summed E-state index contributed by atoms with van der Waals surface area (Å²) in [6, 6.07) is 161. The maximum absolute atomic E-state index is 2.44. The molecule has 32 rings (SSSR count). The van der Waals surface area contributed by atoms with Gasteiger partial charge in [0.1, 0.15) is 0 Å². The second kappa shape index (κ2) is 32.4. The first-order valence-electron chi connectivity index (χ1n) is 48.4. The van der Waals surface area contributed by atoms with Crippen LogP contribution in [-0.2, 0) is 70.6 Å². The van der Waals surface area contributed by atoms with Crippen LogP contribution in [0, 0.1) is 0 Å². The third-order valence-electron chi connectivity index (χ3n) is 30.9. The Bertz CT molecular complexity index is 8420. The zero-order valence-corrected chi connectivity index (χ0v) is 75.3. The molecule has 0 amide bonds. The Labute approximate surface area is 788 Å². The molecule has 0 heterocycles. The zero-order valence-electron chi connectivity index (χ0n) is 75.3. The summed E-state index contributed by atoms with van der Waals surface area (Å²) in [5.74, 6) is 0. The van der Waals surface area contributed by atoms with Crippen LogP contribution in [0.1, 0.15) is 122 Å². The van der Waals surface area contributed by atoms with Crippen molar-refractivity contribution in [3.8, 4) is 89.0 Å². The van der Waals surface area contributed by atoms with Gasteiger partial charge in [0.05, 0.1) is 0 Å². The lowest BCUT2D eigenvalue weighted by Crippen LogP contribution is -2.08. The van der Waals surface area contributed by atoms with Crippen LogP contribution in [0.2, 0.25) is 0 Å². The Hall–Kier alpha value is -16.1. The third kappa shape index (κ3) is 13.7. The smallest absolute Gasteiger partial charge is 0.000682 e. The molecule has 0 fully saturated rings.